The highest BCUT2D eigenvalue weighted by Gasteiger charge is 2.39. The van der Waals surface area contributed by atoms with Gasteiger partial charge in [-0.2, -0.15) is 26.3 Å². The molecule has 1 unspecified atom stereocenters. The van der Waals surface area contributed by atoms with Crippen molar-refractivity contribution in [2.24, 2.45) is 11.8 Å². The summed E-state index contributed by atoms with van der Waals surface area (Å²) in [7, 11) is 0. The van der Waals surface area contributed by atoms with Crippen molar-refractivity contribution in [1.82, 2.24) is 4.90 Å². The van der Waals surface area contributed by atoms with Crippen LogP contribution < -0.4 is 4.74 Å². The predicted octanol–water partition coefficient (Wildman–Crippen LogP) is 8.57. The van der Waals surface area contributed by atoms with Crippen molar-refractivity contribution < 1.29 is 50.5 Å². The maximum atomic E-state index is 14.3. The van der Waals surface area contributed by atoms with Crippen molar-refractivity contribution in [3.63, 3.8) is 0 Å². The SMILES string of the molecule is CCOC(=O)C[C@H]1CCCN(C(CC)c2ccc3c(C(F)(F)F)c(OC4CCC(C)CC4)ccc3c2)C1.O=C(O)C(F)(F)F. The number of carboxylic acids is 1. The number of hydrogen-bond donors (Lipinski definition) is 1. The number of ether oxygens (including phenoxy) is 2. The van der Waals surface area contributed by atoms with E-state index in [1.165, 1.54) is 6.07 Å². The number of fused-ring (bicyclic) bond motifs is 1. The second kappa shape index (κ2) is 15.3. The molecule has 2 aromatic rings. The van der Waals surface area contributed by atoms with E-state index in [0.29, 0.717) is 24.3 Å². The summed E-state index contributed by atoms with van der Waals surface area (Å²) in [5.74, 6) is -2.14. The summed E-state index contributed by atoms with van der Waals surface area (Å²) in [5.41, 5.74) is 0.338. The number of hydrogen-bond acceptors (Lipinski definition) is 5. The molecule has 0 radical (unpaired) electrons. The van der Waals surface area contributed by atoms with E-state index in [2.05, 4.69) is 18.7 Å². The number of benzene rings is 2. The topological polar surface area (TPSA) is 76.1 Å². The minimum Gasteiger partial charge on any atom is -0.490 e. The average molecular weight is 634 g/mol. The van der Waals surface area contributed by atoms with Crippen LogP contribution in [0.2, 0.25) is 0 Å². The molecule has 0 amide bonds. The third-order valence-electron chi connectivity index (χ3n) is 8.31. The fourth-order valence-electron chi connectivity index (χ4n) is 6.16. The molecular formula is C32H41F6NO5. The largest absolute Gasteiger partial charge is 0.490 e. The first kappa shape index (κ1) is 35.5. The zero-order valence-corrected chi connectivity index (χ0v) is 25.3. The maximum Gasteiger partial charge on any atom is 0.490 e. The number of alkyl halides is 6. The molecule has 6 nitrogen and oxygen atoms in total. The molecule has 0 bridgehead atoms. The van der Waals surface area contributed by atoms with Gasteiger partial charge in [-0.1, -0.05) is 32.0 Å². The quantitative estimate of drug-likeness (QED) is 0.232. The van der Waals surface area contributed by atoms with Gasteiger partial charge in [-0.25, -0.2) is 4.79 Å². The van der Waals surface area contributed by atoms with Crippen molar-refractivity contribution in [3.05, 3.63) is 41.5 Å². The zero-order valence-electron chi connectivity index (χ0n) is 25.3. The molecule has 1 saturated carbocycles. The molecular weight excluding hydrogens is 592 g/mol. The second-order valence-electron chi connectivity index (χ2n) is 11.7. The van der Waals surface area contributed by atoms with Crippen molar-refractivity contribution in [2.75, 3.05) is 19.7 Å². The van der Waals surface area contributed by atoms with E-state index in [0.717, 1.165) is 63.6 Å². The lowest BCUT2D eigenvalue weighted by Crippen LogP contribution is -2.39. The van der Waals surface area contributed by atoms with E-state index in [9.17, 15) is 31.1 Å². The summed E-state index contributed by atoms with van der Waals surface area (Å²) < 4.78 is 85.7. The maximum absolute atomic E-state index is 14.3. The summed E-state index contributed by atoms with van der Waals surface area (Å²) in [5, 5.41) is 7.89. The zero-order chi connectivity index (χ0) is 32.7. The Morgan fingerprint density at radius 1 is 1.00 bits per heavy atom. The van der Waals surface area contributed by atoms with Crippen molar-refractivity contribution in [2.45, 2.75) is 96.6 Å². The lowest BCUT2D eigenvalue weighted by Gasteiger charge is -2.38. The van der Waals surface area contributed by atoms with Crippen molar-refractivity contribution in [1.29, 1.82) is 0 Å². The Labute approximate surface area is 253 Å². The molecule has 12 heteroatoms. The number of nitrogens with zero attached hydrogens (tertiary/aromatic N) is 1. The molecule has 0 spiro atoms. The van der Waals surface area contributed by atoms with Crippen LogP contribution in [0.1, 0.15) is 89.3 Å². The van der Waals surface area contributed by atoms with Gasteiger partial charge < -0.3 is 14.6 Å². The molecule has 44 heavy (non-hydrogen) atoms. The van der Waals surface area contributed by atoms with E-state index in [-0.39, 0.29) is 35.2 Å². The Morgan fingerprint density at radius 2 is 1.66 bits per heavy atom. The third-order valence-corrected chi connectivity index (χ3v) is 8.31. The summed E-state index contributed by atoms with van der Waals surface area (Å²) in [6, 6.07) is 8.72. The number of piperidine rings is 1. The molecule has 4 rings (SSSR count). The number of likely N-dealkylation sites (tertiary alicyclic amines) is 1. The first-order chi connectivity index (χ1) is 20.6. The highest BCUT2D eigenvalue weighted by atomic mass is 19.4. The monoisotopic (exact) mass is 633 g/mol. The van der Waals surface area contributed by atoms with Crippen LogP contribution in [0.15, 0.2) is 30.3 Å². The van der Waals surface area contributed by atoms with Gasteiger partial charge in [0, 0.05) is 19.0 Å². The minimum absolute atomic E-state index is 0.0582. The molecule has 246 valence electrons. The van der Waals surface area contributed by atoms with Gasteiger partial charge in [-0.05, 0) is 98.7 Å². The first-order valence-electron chi connectivity index (χ1n) is 15.1. The fraction of sp³-hybridized carbons (Fsp3) is 0.625. The van der Waals surface area contributed by atoms with Crippen LogP contribution in [-0.4, -0.2) is 53.9 Å². The van der Waals surface area contributed by atoms with Crippen LogP contribution in [0.25, 0.3) is 10.8 Å². The lowest BCUT2D eigenvalue weighted by atomic mass is 9.89. The van der Waals surface area contributed by atoms with Gasteiger partial charge in [-0.3, -0.25) is 9.69 Å². The first-order valence-corrected chi connectivity index (χ1v) is 15.1. The van der Waals surface area contributed by atoms with Crippen LogP contribution in [0.5, 0.6) is 5.75 Å². The molecule has 1 aliphatic heterocycles. The van der Waals surface area contributed by atoms with Gasteiger partial charge >= 0.3 is 24.3 Å². The molecule has 1 aliphatic carbocycles. The van der Waals surface area contributed by atoms with Gasteiger partial charge in [0.2, 0.25) is 0 Å². The number of aliphatic carboxylic acids is 1. The number of carbonyl (C=O) groups excluding carboxylic acids is 1. The minimum atomic E-state index is -5.08. The van der Waals surface area contributed by atoms with E-state index >= 15 is 0 Å². The Morgan fingerprint density at radius 3 is 2.23 bits per heavy atom. The third kappa shape index (κ3) is 9.74. The number of halogens is 6. The van der Waals surface area contributed by atoms with E-state index in [1.54, 1.807) is 12.1 Å². The Kier molecular flexibility index (Phi) is 12.3. The smallest absolute Gasteiger partial charge is 0.490 e. The van der Waals surface area contributed by atoms with E-state index in [1.807, 2.05) is 19.1 Å². The second-order valence-corrected chi connectivity index (χ2v) is 11.7. The predicted molar refractivity (Wildman–Crippen MR) is 153 cm³/mol. The van der Waals surface area contributed by atoms with Gasteiger partial charge in [0.1, 0.15) is 11.3 Å². The molecule has 1 N–H and O–H groups in total. The summed E-state index contributed by atoms with van der Waals surface area (Å²) in [4.78, 5) is 23.3. The van der Waals surface area contributed by atoms with Gasteiger partial charge in [0.25, 0.3) is 0 Å². The highest BCUT2D eigenvalue weighted by molar-refractivity contribution is 5.89. The van der Waals surface area contributed by atoms with Crippen LogP contribution in [0.3, 0.4) is 0 Å². The van der Waals surface area contributed by atoms with Gasteiger partial charge in [-0.15, -0.1) is 0 Å². The van der Waals surface area contributed by atoms with E-state index in [4.69, 9.17) is 19.4 Å². The molecule has 2 atom stereocenters. The highest BCUT2D eigenvalue weighted by Crippen LogP contribution is 2.43. The normalized spacial score (nSPS) is 22.1. The molecule has 2 aliphatic rings. The van der Waals surface area contributed by atoms with Crippen LogP contribution in [0.4, 0.5) is 26.3 Å². The van der Waals surface area contributed by atoms with Crippen molar-refractivity contribution in [3.8, 4) is 5.75 Å². The number of carboxylic acid groups (broad SMARTS) is 1. The Hall–Kier alpha value is -3.02. The van der Waals surface area contributed by atoms with Crippen LogP contribution in [0, 0.1) is 11.8 Å². The summed E-state index contributed by atoms with van der Waals surface area (Å²) >= 11 is 0. The Balaban J connectivity index is 0.000000676. The molecule has 2 aromatic carbocycles. The van der Waals surface area contributed by atoms with Crippen molar-refractivity contribution >= 4 is 22.7 Å². The Bertz CT molecular complexity index is 1260. The molecule has 2 fully saturated rings. The summed E-state index contributed by atoms with van der Waals surface area (Å²) in [6.45, 7) is 8.18. The summed E-state index contributed by atoms with van der Waals surface area (Å²) in [6.07, 6.45) is -2.97. The molecule has 1 saturated heterocycles. The van der Waals surface area contributed by atoms with Gasteiger partial charge in [0.15, 0.2) is 0 Å². The number of carbonyl (C=O) groups is 2. The standard InChI is InChI=1S/C30H40F3NO3.C2HF3O2/c1-4-26(34-16-6-7-21(19-34)17-28(35)36-5-2)23-10-14-25-22(18-23)11-15-27(29(25)30(31,32)33)37-24-12-8-20(3)9-13-24;3-2(4,5)1(6)7/h10-11,14-15,18,20-21,24,26H,4-9,12-13,16-17,19H2,1-3H3;(H,6,7)/t20?,21-,24?,26?;/m1./s1. The fourth-order valence-corrected chi connectivity index (χ4v) is 6.16. The van der Waals surface area contributed by atoms with Crippen LogP contribution >= 0.6 is 0 Å². The number of rotatable bonds is 8. The molecule has 0 aromatic heterocycles. The number of esters is 1. The van der Waals surface area contributed by atoms with E-state index < -0.39 is 23.9 Å². The lowest BCUT2D eigenvalue weighted by molar-refractivity contribution is -0.192. The average Bonchev–Trinajstić information content (AvgIpc) is 2.94. The molecule has 1 heterocycles. The van der Waals surface area contributed by atoms with Gasteiger partial charge in [0.05, 0.1) is 12.7 Å². The van der Waals surface area contributed by atoms with Crippen LogP contribution in [-0.2, 0) is 20.5 Å².